The minimum Gasteiger partial charge on any atom is -0.315 e. The molecule has 0 amide bonds. The average molecular weight is 238 g/mol. The Bertz CT molecular complexity index is 213. The van der Waals surface area contributed by atoms with Gasteiger partial charge in [-0.25, -0.2) is 0 Å². The Morgan fingerprint density at radius 3 is 2.24 bits per heavy atom. The molecule has 2 nitrogen and oxygen atoms in total. The maximum absolute atomic E-state index is 3.54. The molecule has 2 aliphatic rings. The van der Waals surface area contributed by atoms with Gasteiger partial charge >= 0.3 is 0 Å². The summed E-state index contributed by atoms with van der Waals surface area (Å²) in [4.78, 5) is 2.68. The van der Waals surface area contributed by atoms with Gasteiger partial charge in [0.1, 0.15) is 0 Å². The van der Waals surface area contributed by atoms with E-state index in [2.05, 4.69) is 31.1 Å². The summed E-state index contributed by atoms with van der Waals surface area (Å²) in [7, 11) is 2.36. The lowest BCUT2D eigenvalue weighted by Crippen LogP contribution is -2.49. The van der Waals surface area contributed by atoms with E-state index in [0.717, 1.165) is 23.9 Å². The van der Waals surface area contributed by atoms with Gasteiger partial charge in [-0.15, -0.1) is 0 Å². The predicted octanol–water partition coefficient (Wildman–Crippen LogP) is 2.89. The molecule has 0 bridgehead atoms. The lowest BCUT2D eigenvalue weighted by molar-refractivity contribution is 0.0956. The summed E-state index contributed by atoms with van der Waals surface area (Å²) in [5.41, 5.74) is 0. The minimum atomic E-state index is 0.796. The third-order valence-electron chi connectivity index (χ3n) is 5.11. The van der Waals surface area contributed by atoms with Gasteiger partial charge in [0.25, 0.3) is 0 Å². The molecule has 1 saturated carbocycles. The molecular weight excluding hydrogens is 208 g/mol. The largest absolute Gasteiger partial charge is 0.315 e. The van der Waals surface area contributed by atoms with Crippen LogP contribution in [-0.2, 0) is 0 Å². The average Bonchev–Trinajstić information content (AvgIpc) is 2.39. The molecule has 2 heteroatoms. The Morgan fingerprint density at radius 1 is 1.00 bits per heavy atom. The minimum absolute atomic E-state index is 0.796. The van der Waals surface area contributed by atoms with Crippen LogP contribution in [0.2, 0.25) is 0 Å². The number of hydrogen-bond donors (Lipinski definition) is 1. The topological polar surface area (TPSA) is 15.3 Å². The van der Waals surface area contributed by atoms with Crippen LogP contribution >= 0.6 is 0 Å². The monoisotopic (exact) mass is 238 g/mol. The molecule has 0 aromatic carbocycles. The number of nitrogens with one attached hydrogen (secondary N) is 1. The number of rotatable bonds is 3. The van der Waals surface area contributed by atoms with E-state index < -0.39 is 0 Å². The summed E-state index contributed by atoms with van der Waals surface area (Å²) in [5, 5.41) is 3.54. The Hall–Kier alpha value is -0.0800. The van der Waals surface area contributed by atoms with Crippen molar-refractivity contribution in [3.63, 3.8) is 0 Å². The van der Waals surface area contributed by atoms with Gasteiger partial charge in [0.15, 0.2) is 0 Å². The molecule has 0 aromatic rings. The first-order chi connectivity index (χ1) is 8.18. The van der Waals surface area contributed by atoms with Crippen LogP contribution < -0.4 is 5.32 Å². The van der Waals surface area contributed by atoms with Crippen LogP contribution in [-0.4, -0.2) is 37.1 Å². The molecule has 2 rings (SSSR count). The Balaban J connectivity index is 1.79. The van der Waals surface area contributed by atoms with E-state index in [9.17, 15) is 0 Å². The van der Waals surface area contributed by atoms with Gasteiger partial charge in [-0.1, -0.05) is 13.8 Å². The quantitative estimate of drug-likeness (QED) is 0.813. The number of likely N-dealkylation sites (N-methyl/N-ethyl adjacent to an activating group) is 1. The molecule has 2 fully saturated rings. The normalized spacial score (nSPS) is 35.5. The first kappa shape index (κ1) is 13.4. The Kier molecular flexibility index (Phi) is 4.87. The zero-order valence-corrected chi connectivity index (χ0v) is 11.9. The Morgan fingerprint density at radius 2 is 1.71 bits per heavy atom. The number of hydrogen-bond acceptors (Lipinski definition) is 2. The van der Waals surface area contributed by atoms with Crippen LogP contribution in [0.5, 0.6) is 0 Å². The standard InChI is InChI=1S/C15H30N2/c1-12(2)13-6-8-14(9-7-13)17(3)15-5-4-10-16-11-15/h12-16H,4-11H2,1-3H3. The number of piperidine rings is 1. The molecule has 0 aromatic heterocycles. The van der Waals surface area contributed by atoms with E-state index in [4.69, 9.17) is 0 Å². The van der Waals surface area contributed by atoms with Crippen LogP contribution in [0.3, 0.4) is 0 Å². The fourth-order valence-corrected chi connectivity index (χ4v) is 3.65. The summed E-state index contributed by atoms with van der Waals surface area (Å²) in [6.45, 7) is 7.21. The highest BCUT2D eigenvalue weighted by molar-refractivity contribution is 4.85. The van der Waals surface area contributed by atoms with Crippen molar-refractivity contribution in [2.45, 2.75) is 64.5 Å². The van der Waals surface area contributed by atoms with Crippen LogP contribution in [0.15, 0.2) is 0 Å². The summed E-state index contributed by atoms with van der Waals surface area (Å²) < 4.78 is 0. The van der Waals surface area contributed by atoms with Gasteiger partial charge in [-0.2, -0.15) is 0 Å². The molecule has 100 valence electrons. The van der Waals surface area contributed by atoms with Gasteiger partial charge in [-0.05, 0) is 64.0 Å². The van der Waals surface area contributed by atoms with E-state index in [-0.39, 0.29) is 0 Å². The van der Waals surface area contributed by atoms with E-state index in [1.807, 2.05) is 0 Å². The summed E-state index contributed by atoms with van der Waals surface area (Å²) in [6.07, 6.45) is 8.51. The second kappa shape index (κ2) is 6.19. The van der Waals surface area contributed by atoms with Crippen LogP contribution in [0.25, 0.3) is 0 Å². The molecule has 1 aliphatic carbocycles. The SMILES string of the molecule is CC(C)C1CCC(N(C)C2CCCNC2)CC1. The third-order valence-corrected chi connectivity index (χ3v) is 5.11. The van der Waals surface area contributed by atoms with Gasteiger partial charge < -0.3 is 5.32 Å². The lowest BCUT2D eigenvalue weighted by Gasteiger charge is -2.41. The second-order valence-electron chi connectivity index (χ2n) is 6.48. The predicted molar refractivity (Wildman–Crippen MR) is 74.2 cm³/mol. The van der Waals surface area contributed by atoms with Crippen molar-refractivity contribution < 1.29 is 0 Å². The van der Waals surface area contributed by atoms with Gasteiger partial charge in [0.05, 0.1) is 0 Å². The zero-order chi connectivity index (χ0) is 12.3. The maximum Gasteiger partial charge on any atom is 0.0220 e. The number of nitrogens with zero attached hydrogens (tertiary/aromatic N) is 1. The van der Waals surface area contributed by atoms with Crippen molar-refractivity contribution in [2.75, 3.05) is 20.1 Å². The highest BCUT2D eigenvalue weighted by Crippen LogP contribution is 2.32. The molecule has 1 N–H and O–H groups in total. The van der Waals surface area contributed by atoms with E-state index in [0.29, 0.717) is 0 Å². The molecule has 1 atom stereocenters. The van der Waals surface area contributed by atoms with Gasteiger partial charge in [0.2, 0.25) is 0 Å². The van der Waals surface area contributed by atoms with Crippen LogP contribution in [0.1, 0.15) is 52.4 Å². The molecule has 1 heterocycles. The molecule has 0 radical (unpaired) electrons. The lowest BCUT2D eigenvalue weighted by atomic mass is 9.79. The fraction of sp³-hybridized carbons (Fsp3) is 1.00. The first-order valence-corrected chi connectivity index (χ1v) is 7.61. The van der Waals surface area contributed by atoms with Gasteiger partial charge in [-0.3, -0.25) is 4.90 Å². The molecule has 0 spiro atoms. The molecule has 1 saturated heterocycles. The van der Waals surface area contributed by atoms with Crippen molar-refractivity contribution >= 4 is 0 Å². The van der Waals surface area contributed by atoms with Crippen LogP contribution in [0, 0.1) is 11.8 Å². The molecule has 17 heavy (non-hydrogen) atoms. The van der Waals surface area contributed by atoms with Gasteiger partial charge in [0, 0.05) is 18.6 Å². The maximum atomic E-state index is 3.54. The third kappa shape index (κ3) is 3.45. The summed E-state index contributed by atoms with van der Waals surface area (Å²) in [5.74, 6) is 1.88. The van der Waals surface area contributed by atoms with Crippen molar-refractivity contribution in [3.8, 4) is 0 Å². The van der Waals surface area contributed by atoms with Crippen molar-refractivity contribution in [1.29, 1.82) is 0 Å². The Labute approximate surface area is 107 Å². The van der Waals surface area contributed by atoms with E-state index in [1.54, 1.807) is 0 Å². The second-order valence-corrected chi connectivity index (χ2v) is 6.48. The summed E-state index contributed by atoms with van der Waals surface area (Å²) in [6, 6.07) is 1.65. The smallest absolute Gasteiger partial charge is 0.0220 e. The molecule has 1 aliphatic heterocycles. The molecule has 1 unspecified atom stereocenters. The van der Waals surface area contributed by atoms with Crippen molar-refractivity contribution in [3.05, 3.63) is 0 Å². The zero-order valence-electron chi connectivity index (χ0n) is 11.9. The van der Waals surface area contributed by atoms with E-state index in [1.165, 1.54) is 51.6 Å². The first-order valence-electron chi connectivity index (χ1n) is 7.61. The fourth-order valence-electron chi connectivity index (χ4n) is 3.65. The van der Waals surface area contributed by atoms with Crippen LogP contribution in [0.4, 0.5) is 0 Å². The summed E-state index contributed by atoms with van der Waals surface area (Å²) >= 11 is 0. The molecular formula is C15H30N2. The van der Waals surface area contributed by atoms with Crippen molar-refractivity contribution in [2.24, 2.45) is 11.8 Å². The van der Waals surface area contributed by atoms with E-state index >= 15 is 0 Å². The van der Waals surface area contributed by atoms with Crippen molar-refractivity contribution in [1.82, 2.24) is 10.2 Å². The highest BCUT2D eigenvalue weighted by Gasteiger charge is 2.29. The highest BCUT2D eigenvalue weighted by atomic mass is 15.2.